The zero-order valence-corrected chi connectivity index (χ0v) is 11.8. The van der Waals surface area contributed by atoms with E-state index in [1.165, 1.54) is 11.9 Å². The fourth-order valence-corrected chi connectivity index (χ4v) is 2.69. The van der Waals surface area contributed by atoms with Crippen molar-refractivity contribution in [3.63, 3.8) is 0 Å². The van der Waals surface area contributed by atoms with Gasteiger partial charge in [0.05, 0.1) is 12.0 Å². The molecule has 0 aromatic heterocycles. The van der Waals surface area contributed by atoms with Gasteiger partial charge in [0, 0.05) is 13.0 Å². The molecule has 1 aliphatic carbocycles. The van der Waals surface area contributed by atoms with E-state index in [9.17, 15) is 5.11 Å². The third-order valence-corrected chi connectivity index (χ3v) is 3.64. The van der Waals surface area contributed by atoms with Crippen LogP contribution in [0.25, 0.3) is 0 Å². The Kier molecular flexibility index (Phi) is 4.76. The number of hydrogen-bond acceptors (Lipinski definition) is 2. The smallest absolute Gasteiger partial charge is 0.109 e. The van der Waals surface area contributed by atoms with E-state index in [-0.39, 0.29) is 11.7 Å². The summed E-state index contributed by atoms with van der Waals surface area (Å²) in [5.41, 5.74) is 3.28. The van der Waals surface area contributed by atoms with E-state index in [0.29, 0.717) is 5.92 Å². The summed E-state index contributed by atoms with van der Waals surface area (Å²) in [6.07, 6.45) is 5.59. The molecule has 2 atom stereocenters. The van der Waals surface area contributed by atoms with Gasteiger partial charge in [-0.15, -0.1) is 0 Å². The second kappa shape index (κ2) is 5.89. The zero-order chi connectivity index (χ0) is 13.9. The van der Waals surface area contributed by atoms with Gasteiger partial charge in [-0.1, -0.05) is 23.8 Å². The van der Waals surface area contributed by atoms with Crippen LogP contribution < -0.4 is 0 Å². The van der Waals surface area contributed by atoms with E-state index >= 15 is 0 Å². The molecule has 0 unspecified atom stereocenters. The van der Waals surface area contributed by atoms with Gasteiger partial charge in [-0.05, 0) is 39.5 Å². The highest BCUT2D eigenvalue weighted by Gasteiger charge is 2.30. The molecule has 0 bridgehead atoms. The number of rotatable bonds is 4. The molecule has 0 heterocycles. The van der Waals surface area contributed by atoms with Crippen molar-refractivity contribution < 1.29 is 5.11 Å². The van der Waals surface area contributed by atoms with Gasteiger partial charge >= 0.3 is 0 Å². The molecule has 100 valence electrons. The van der Waals surface area contributed by atoms with E-state index in [0.717, 1.165) is 24.1 Å². The van der Waals surface area contributed by atoms with Gasteiger partial charge < -0.3 is 10.0 Å². The Morgan fingerprint density at radius 3 is 2.61 bits per heavy atom. The number of aliphatic hydroxyl groups excluding tert-OH is 1. The zero-order valence-electron chi connectivity index (χ0n) is 11.8. The minimum atomic E-state index is 0.118. The topological polar surface area (TPSA) is 47.3 Å². The summed E-state index contributed by atoms with van der Waals surface area (Å²) in [7, 11) is 1.80. The molecule has 1 rings (SSSR count). The highest BCUT2D eigenvalue weighted by molar-refractivity contribution is 5.54. The van der Waals surface area contributed by atoms with Crippen LogP contribution in [0.1, 0.15) is 33.6 Å². The van der Waals surface area contributed by atoms with Crippen molar-refractivity contribution in [3.05, 3.63) is 35.3 Å². The second-order valence-corrected chi connectivity index (χ2v) is 5.24. The van der Waals surface area contributed by atoms with Crippen LogP contribution in [0.5, 0.6) is 0 Å². The van der Waals surface area contributed by atoms with Crippen LogP contribution >= 0.6 is 0 Å². The monoisotopic (exact) mass is 248 g/mol. The second-order valence-electron chi connectivity index (χ2n) is 5.24. The molecule has 0 saturated carbocycles. The van der Waals surface area contributed by atoms with Crippen LogP contribution in [-0.4, -0.2) is 23.4 Å². The molecule has 18 heavy (non-hydrogen) atoms. The van der Waals surface area contributed by atoms with Crippen LogP contribution in [0, 0.1) is 17.2 Å². The Labute approximate surface area is 110 Å². The molecule has 1 aliphatic rings. The van der Waals surface area contributed by atoms with Crippen molar-refractivity contribution in [1.82, 2.24) is 4.90 Å². The summed E-state index contributed by atoms with van der Waals surface area (Å²) < 4.78 is 0. The predicted octanol–water partition coefficient (Wildman–Crippen LogP) is 3.86. The fourth-order valence-electron chi connectivity index (χ4n) is 2.69. The molecular weight excluding hydrogens is 224 g/mol. The van der Waals surface area contributed by atoms with Gasteiger partial charge in [-0.2, -0.15) is 0 Å². The molecule has 3 nitrogen and oxygen atoms in total. The lowest BCUT2D eigenvalue weighted by Crippen LogP contribution is -2.29. The molecule has 0 fully saturated rings. The van der Waals surface area contributed by atoms with Crippen molar-refractivity contribution in [1.29, 1.82) is 5.41 Å². The molecule has 3 heteroatoms. The van der Waals surface area contributed by atoms with Gasteiger partial charge in [0.15, 0.2) is 0 Å². The van der Waals surface area contributed by atoms with Gasteiger partial charge in [-0.3, -0.25) is 5.41 Å². The average molecular weight is 248 g/mol. The molecule has 0 amide bonds. The van der Waals surface area contributed by atoms with Gasteiger partial charge in [-0.25, -0.2) is 0 Å². The van der Waals surface area contributed by atoms with E-state index in [1.54, 1.807) is 18.9 Å². The Morgan fingerprint density at radius 2 is 2.17 bits per heavy atom. The van der Waals surface area contributed by atoms with Crippen LogP contribution in [0.4, 0.5) is 0 Å². The molecule has 0 aromatic carbocycles. The predicted molar refractivity (Wildman–Crippen MR) is 76.7 cm³/mol. The maximum absolute atomic E-state index is 9.93. The van der Waals surface area contributed by atoms with E-state index in [1.807, 2.05) is 6.92 Å². The Bertz CT molecular complexity index is 403. The van der Waals surface area contributed by atoms with Crippen LogP contribution in [0.15, 0.2) is 35.3 Å². The molecule has 0 aromatic rings. The first-order valence-corrected chi connectivity index (χ1v) is 6.34. The van der Waals surface area contributed by atoms with Crippen LogP contribution in [-0.2, 0) is 0 Å². The quantitative estimate of drug-likeness (QED) is 0.343. The number of nitrogens with one attached hydrogen (secondary N) is 1. The third-order valence-electron chi connectivity index (χ3n) is 3.64. The standard InChI is InChI=1S/C15H24N2O/c1-10(2)13-7-6-11(3)8-14(13)15(12(4)18)17(5)9-16/h8-9,13-14,16,18H,1,6-7H2,2-5H3/b15-12+,16-9?/t13-,14+/m0/s1. The first-order chi connectivity index (χ1) is 8.38. The summed E-state index contributed by atoms with van der Waals surface area (Å²) in [4.78, 5) is 1.69. The van der Waals surface area contributed by atoms with Gasteiger partial charge in [0.2, 0.25) is 0 Å². The lowest BCUT2D eigenvalue weighted by Gasteiger charge is -2.35. The molecule has 0 saturated heterocycles. The van der Waals surface area contributed by atoms with Crippen LogP contribution in [0.3, 0.4) is 0 Å². The summed E-state index contributed by atoms with van der Waals surface area (Å²) >= 11 is 0. The molecule has 0 spiro atoms. The summed E-state index contributed by atoms with van der Waals surface area (Å²) in [6, 6.07) is 0. The minimum Gasteiger partial charge on any atom is -0.511 e. The van der Waals surface area contributed by atoms with Gasteiger partial charge in [0.1, 0.15) is 5.76 Å². The van der Waals surface area contributed by atoms with Gasteiger partial charge in [0.25, 0.3) is 0 Å². The summed E-state index contributed by atoms with van der Waals surface area (Å²) in [5.74, 6) is 0.740. The first kappa shape index (κ1) is 14.6. The molecule has 0 aliphatic heterocycles. The van der Waals surface area contributed by atoms with E-state index in [2.05, 4.69) is 19.6 Å². The highest BCUT2D eigenvalue weighted by atomic mass is 16.3. The minimum absolute atomic E-state index is 0.118. The van der Waals surface area contributed by atoms with Crippen molar-refractivity contribution in [2.24, 2.45) is 11.8 Å². The van der Waals surface area contributed by atoms with Crippen molar-refractivity contribution in [2.75, 3.05) is 7.05 Å². The first-order valence-electron chi connectivity index (χ1n) is 6.34. The number of nitrogens with zero attached hydrogens (tertiary/aromatic N) is 1. The maximum Gasteiger partial charge on any atom is 0.109 e. The third kappa shape index (κ3) is 3.03. The molecular formula is C15H24N2O. The fraction of sp³-hybridized carbons (Fsp3) is 0.533. The number of allylic oxidation sites excluding steroid dienone is 4. The number of aliphatic hydroxyl groups is 1. The largest absolute Gasteiger partial charge is 0.511 e. The van der Waals surface area contributed by atoms with E-state index in [4.69, 9.17) is 5.41 Å². The Balaban J connectivity index is 3.22. The van der Waals surface area contributed by atoms with Crippen molar-refractivity contribution >= 4 is 6.34 Å². The normalized spacial score (nSPS) is 25.0. The summed E-state index contributed by atoms with van der Waals surface area (Å²) in [6.45, 7) is 9.92. The van der Waals surface area contributed by atoms with Crippen molar-refractivity contribution in [2.45, 2.75) is 33.6 Å². The maximum atomic E-state index is 9.93. The number of hydrogen-bond donors (Lipinski definition) is 2. The molecule has 0 radical (unpaired) electrons. The SMILES string of the molecule is C=C(C)[C@@H]1CCC(C)=C[C@H]1/C(=C(/C)O)N(C)C=N. The van der Waals surface area contributed by atoms with Crippen LogP contribution in [0.2, 0.25) is 0 Å². The Morgan fingerprint density at radius 1 is 1.56 bits per heavy atom. The average Bonchev–Trinajstić information content (AvgIpc) is 2.28. The molecule has 2 N–H and O–H groups in total. The highest BCUT2D eigenvalue weighted by Crippen LogP contribution is 2.38. The van der Waals surface area contributed by atoms with E-state index < -0.39 is 0 Å². The lowest BCUT2D eigenvalue weighted by atomic mass is 9.75. The Hall–Kier alpha value is -1.51. The van der Waals surface area contributed by atoms with Crippen molar-refractivity contribution in [3.8, 4) is 0 Å². The lowest BCUT2D eigenvalue weighted by molar-refractivity contribution is 0.335. The summed E-state index contributed by atoms with van der Waals surface area (Å²) in [5, 5.41) is 17.3.